The van der Waals surface area contributed by atoms with E-state index in [1.54, 1.807) is 18.2 Å². The Morgan fingerprint density at radius 1 is 1.35 bits per heavy atom. The highest BCUT2D eigenvalue weighted by atomic mass is 79.9. The number of aliphatic hydroxyl groups is 1. The number of aliphatic hydroxyl groups excluding tert-OH is 1. The summed E-state index contributed by atoms with van der Waals surface area (Å²) in [6.45, 7) is 0. The molecule has 0 radical (unpaired) electrons. The van der Waals surface area contributed by atoms with Gasteiger partial charge in [-0.05, 0) is 34.8 Å². The number of benzene rings is 1. The number of alkyl halides is 3. The molecular weight excluding hydrogens is 320 g/mol. The molecule has 0 aliphatic rings. The van der Waals surface area contributed by atoms with Crippen LogP contribution >= 0.6 is 27.5 Å². The molecule has 1 unspecified atom stereocenters. The maximum Gasteiger partial charge on any atom is 0.389 e. The fourth-order valence-corrected chi connectivity index (χ4v) is 2.06. The average molecular weight is 332 g/mol. The maximum atomic E-state index is 11.9. The summed E-state index contributed by atoms with van der Waals surface area (Å²) in [7, 11) is 0. The molecule has 0 aromatic heterocycles. The molecule has 96 valence electrons. The summed E-state index contributed by atoms with van der Waals surface area (Å²) >= 11 is 9.12. The number of halogens is 5. The second-order valence-corrected chi connectivity index (χ2v) is 4.90. The van der Waals surface area contributed by atoms with E-state index in [-0.39, 0.29) is 12.8 Å². The number of hydrogen-bond donors (Lipinski definition) is 1. The van der Waals surface area contributed by atoms with Gasteiger partial charge in [0.25, 0.3) is 0 Å². The Balaban J connectivity index is 2.58. The largest absolute Gasteiger partial charge is 0.389 e. The summed E-state index contributed by atoms with van der Waals surface area (Å²) in [5.74, 6) is 0. The molecule has 6 heteroatoms. The van der Waals surface area contributed by atoms with Crippen molar-refractivity contribution in [1.29, 1.82) is 0 Å². The molecule has 0 spiro atoms. The Bertz CT molecular complexity index is 381. The van der Waals surface area contributed by atoms with Gasteiger partial charge in [0.15, 0.2) is 0 Å². The Morgan fingerprint density at radius 2 is 2.00 bits per heavy atom. The van der Waals surface area contributed by atoms with Gasteiger partial charge in [-0.25, -0.2) is 0 Å². The third-order valence-corrected chi connectivity index (χ3v) is 3.59. The van der Waals surface area contributed by atoms with E-state index >= 15 is 0 Å². The van der Waals surface area contributed by atoms with Crippen molar-refractivity contribution >= 4 is 27.5 Å². The van der Waals surface area contributed by atoms with E-state index in [2.05, 4.69) is 15.9 Å². The van der Waals surface area contributed by atoms with Crippen LogP contribution in [0.25, 0.3) is 0 Å². The molecule has 0 aliphatic carbocycles. The van der Waals surface area contributed by atoms with Crippen LogP contribution in [0.15, 0.2) is 22.7 Å². The predicted molar refractivity (Wildman–Crippen MR) is 64.0 cm³/mol. The first-order chi connectivity index (χ1) is 7.81. The van der Waals surface area contributed by atoms with Gasteiger partial charge in [-0.3, -0.25) is 0 Å². The first kappa shape index (κ1) is 14.8. The van der Waals surface area contributed by atoms with Crippen molar-refractivity contribution in [1.82, 2.24) is 0 Å². The molecule has 0 fully saturated rings. The van der Waals surface area contributed by atoms with Gasteiger partial charge in [-0.15, -0.1) is 0 Å². The molecule has 0 heterocycles. The van der Waals surface area contributed by atoms with Gasteiger partial charge in [0, 0.05) is 16.5 Å². The van der Waals surface area contributed by atoms with E-state index in [1.165, 1.54) is 0 Å². The average Bonchev–Trinajstić information content (AvgIpc) is 2.20. The van der Waals surface area contributed by atoms with E-state index in [1.807, 2.05) is 0 Å². The number of hydrogen-bond acceptors (Lipinski definition) is 1. The van der Waals surface area contributed by atoms with Gasteiger partial charge in [0.2, 0.25) is 0 Å². The fourth-order valence-electron chi connectivity index (χ4n) is 1.43. The van der Waals surface area contributed by atoms with Crippen LogP contribution in [0.1, 0.15) is 30.9 Å². The maximum absolute atomic E-state index is 11.9. The predicted octanol–water partition coefficient (Wildman–Crippen LogP) is 4.87. The van der Waals surface area contributed by atoms with Crippen LogP contribution in [0, 0.1) is 0 Å². The summed E-state index contributed by atoms with van der Waals surface area (Å²) in [6, 6.07) is 4.98. The molecule has 0 amide bonds. The smallest absolute Gasteiger partial charge is 0.388 e. The molecule has 0 saturated carbocycles. The Kier molecular flexibility index (Phi) is 5.28. The van der Waals surface area contributed by atoms with Gasteiger partial charge in [-0.1, -0.05) is 23.7 Å². The first-order valence-electron chi connectivity index (χ1n) is 5.00. The highest BCUT2D eigenvalue weighted by Gasteiger charge is 2.26. The molecule has 1 aromatic rings. The molecule has 17 heavy (non-hydrogen) atoms. The number of rotatable bonds is 4. The van der Waals surface area contributed by atoms with Crippen LogP contribution in [-0.2, 0) is 0 Å². The van der Waals surface area contributed by atoms with Crippen LogP contribution in [0.3, 0.4) is 0 Å². The second kappa shape index (κ2) is 6.07. The van der Waals surface area contributed by atoms with E-state index in [0.717, 1.165) is 0 Å². The van der Waals surface area contributed by atoms with E-state index in [0.29, 0.717) is 15.1 Å². The highest BCUT2D eigenvalue weighted by molar-refractivity contribution is 9.10. The summed E-state index contributed by atoms with van der Waals surface area (Å²) in [5, 5.41) is 10.1. The van der Waals surface area contributed by atoms with Crippen LogP contribution in [0.4, 0.5) is 13.2 Å². The molecule has 1 aromatic carbocycles. The minimum absolute atomic E-state index is 0.0374. The van der Waals surface area contributed by atoms with Gasteiger partial charge >= 0.3 is 6.18 Å². The van der Waals surface area contributed by atoms with E-state index in [9.17, 15) is 18.3 Å². The van der Waals surface area contributed by atoms with Crippen LogP contribution in [0.2, 0.25) is 5.02 Å². The van der Waals surface area contributed by atoms with Crippen molar-refractivity contribution in [2.45, 2.75) is 31.5 Å². The van der Waals surface area contributed by atoms with Gasteiger partial charge in [0.05, 0.1) is 11.1 Å². The van der Waals surface area contributed by atoms with Gasteiger partial charge < -0.3 is 5.11 Å². The minimum atomic E-state index is -4.18. The Morgan fingerprint density at radius 3 is 2.59 bits per heavy atom. The van der Waals surface area contributed by atoms with Crippen LogP contribution in [-0.4, -0.2) is 11.3 Å². The Hall–Kier alpha value is -0.260. The van der Waals surface area contributed by atoms with E-state index in [4.69, 9.17) is 11.6 Å². The first-order valence-corrected chi connectivity index (χ1v) is 6.17. The summed E-state index contributed by atoms with van der Waals surface area (Å²) in [5.41, 5.74) is 0.447. The molecule has 1 nitrogen and oxygen atoms in total. The molecule has 1 rings (SSSR count). The van der Waals surface area contributed by atoms with Crippen LogP contribution < -0.4 is 0 Å². The molecule has 0 saturated heterocycles. The molecule has 1 N–H and O–H groups in total. The van der Waals surface area contributed by atoms with Crippen LogP contribution in [0.5, 0.6) is 0 Å². The molecule has 0 bridgehead atoms. The second-order valence-electron chi connectivity index (χ2n) is 3.67. The van der Waals surface area contributed by atoms with Crippen molar-refractivity contribution in [3.8, 4) is 0 Å². The molecule has 1 atom stereocenters. The summed E-state index contributed by atoms with van der Waals surface area (Å²) < 4.78 is 36.4. The zero-order chi connectivity index (χ0) is 13.1. The summed E-state index contributed by atoms with van der Waals surface area (Å²) in [6.07, 6.45) is -6.12. The SMILES string of the molecule is OC(CCCC(F)(F)F)c1cccc(Br)c1Cl. The van der Waals surface area contributed by atoms with E-state index < -0.39 is 18.7 Å². The van der Waals surface area contributed by atoms with Crippen molar-refractivity contribution in [3.05, 3.63) is 33.3 Å². The van der Waals surface area contributed by atoms with Crippen molar-refractivity contribution < 1.29 is 18.3 Å². The van der Waals surface area contributed by atoms with Crippen molar-refractivity contribution in [3.63, 3.8) is 0 Å². The molecule has 0 aliphatic heterocycles. The fraction of sp³-hybridized carbons (Fsp3) is 0.455. The zero-order valence-corrected chi connectivity index (χ0v) is 11.1. The lowest BCUT2D eigenvalue weighted by Crippen LogP contribution is -2.08. The standard InChI is InChI=1S/C11H11BrClF3O/c12-8-4-1-3-7(10(8)13)9(17)5-2-6-11(14,15)16/h1,3-4,9,17H,2,5-6H2. The monoisotopic (exact) mass is 330 g/mol. The minimum Gasteiger partial charge on any atom is -0.388 e. The zero-order valence-electron chi connectivity index (χ0n) is 8.77. The topological polar surface area (TPSA) is 20.2 Å². The Labute approximate surface area is 111 Å². The van der Waals surface area contributed by atoms with Gasteiger partial charge in [0.1, 0.15) is 0 Å². The van der Waals surface area contributed by atoms with Crippen molar-refractivity contribution in [2.75, 3.05) is 0 Å². The lowest BCUT2D eigenvalue weighted by Gasteiger charge is -2.14. The lowest BCUT2D eigenvalue weighted by molar-refractivity contribution is -0.136. The van der Waals surface area contributed by atoms with Gasteiger partial charge in [-0.2, -0.15) is 13.2 Å². The highest BCUT2D eigenvalue weighted by Crippen LogP contribution is 2.33. The lowest BCUT2D eigenvalue weighted by atomic mass is 10.0. The third-order valence-electron chi connectivity index (χ3n) is 2.28. The third kappa shape index (κ3) is 4.85. The normalized spacial score (nSPS) is 13.8. The summed E-state index contributed by atoms with van der Waals surface area (Å²) in [4.78, 5) is 0. The quantitative estimate of drug-likeness (QED) is 0.834. The molecular formula is C11H11BrClF3O. The van der Waals surface area contributed by atoms with Crippen molar-refractivity contribution in [2.24, 2.45) is 0 Å².